The third-order valence-electron chi connectivity index (χ3n) is 2.53. The number of fused-ring (bicyclic) bond motifs is 1. The summed E-state index contributed by atoms with van der Waals surface area (Å²) in [6.07, 6.45) is 0.404. The molecule has 1 aliphatic carbocycles. The summed E-state index contributed by atoms with van der Waals surface area (Å²) in [6.45, 7) is 5.89. The maximum atomic E-state index is 11.7. The molecule has 1 fully saturated rings. The van der Waals surface area contributed by atoms with Gasteiger partial charge in [-0.1, -0.05) is 20.8 Å². The molecule has 13 heavy (non-hydrogen) atoms. The van der Waals surface area contributed by atoms with E-state index in [4.69, 9.17) is 4.74 Å². The molecule has 1 N–H and O–H groups in total. The SMILES string of the molecule is CC(C)(C)C1=C[C@@H](O)[C@H]2O[C@H]2C1=O. The Labute approximate surface area is 77.4 Å². The van der Waals surface area contributed by atoms with Crippen molar-refractivity contribution in [2.24, 2.45) is 5.41 Å². The summed E-state index contributed by atoms with van der Waals surface area (Å²) in [7, 11) is 0. The predicted octanol–water partition coefficient (Wildman–Crippen LogP) is 0.670. The van der Waals surface area contributed by atoms with Gasteiger partial charge in [-0.15, -0.1) is 0 Å². The van der Waals surface area contributed by atoms with Crippen LogP contribution in [0.5, 0.6) is 0 Å². The number of hydrogen-bond donors (Lipinski definition) is 1. The number of hydrogen-bond acceptors (Lipinski definition) is 3. The van der Waals surface area contributed by atoms with Crippen molar-refractivity contribution < 1.29 is 14.6 Å². The van der Waals surface area contributed by atoms with E-state index >= 15 is 0 Å². The standard InChI is InChI=1S/C10H14O3/c1-10(2,3)5-4-6(11)8-9(13-8)7(5)12/h4,6,8-9,11H,1-3H3/t6-,8-,9+/m1/s1. The minimum Gasteiger partial charge on any atom is -0.386 e. The average molecular weight is 182 g/mol. The molecule has 1 heterocycles. The lowest BCUT2D eigenvalue weighted by atomic mass is 9.79. The lowest BCUT2D eigenvalue weighted by Crippen LogP contribution is -2.32. The maximum absolute atomic E-state index is 11.7. The van der Waals surface area contributed by atoms with Crippen LogP contribution in [0.1, 0.15) is 20.8 Å². The Morgan fingerprint density at radius 3 is 2.62 bits per heavy atom. The minimum atomic E-state index is -0.600. The molecular formula is C10H14O3. The van der Waals surface area contributed by atoms with Gasteiger partial charge in [-0.25, -0.2) is 0 Å². The van der Waals surface area contributed by atoms with Crippen LogP contribution in [0.4, 0.5) is 0 Å². The number of carbonyl (C=O) groups is 1. The van der Waals surface area contributed by atoms with Gasteiger partial charge in [-0.2, -0.15) is 0 Å². The lowest BCUT2D eigenvalue weighted by Gasteiger charge is -2.24. The first-order chi connectivity index (χ1) is 5.91. The molecule has 0 spiro atoms. The van der Waals surface area contributed by atoms with E-state index < -0.39 is 6.10 Å². The maximum Gasteiger partial charge on any atom is 0.190 e. The van der Waals surface area contributed by atoms with E-state index in [1.807, 2.05) is 20.8 Å². The fourth-order valence-electron chi connectivity index (χ4n) is 1.72. The van der Waals surface area contributed by atoms with Crippen LogP contribution in [-0.4, -0.2) is 29.2 Å². The van der Waals surface area contributed by atoms with Crippen molar-refractivity contribution in [3.63, 3.8) is 0 Å². The normalized spacial score (nSPS) is 38.3. The predicted molar refractivity (Wildman–Crippen MR) is 47.2 cm³/mol. The monoisotopic (exact) mass is 182 g/mol. The number of ketones is 1. The number of aliphatic hydroxyl groups is 1. The van der Waals surface area contributed by atoms with Gasteiger partial charge in [0.05, 0.1) is 0 Å². The second-order valence-electron chi connectivity index (χ2n) is 4.71. The zero-order valence-electron chi connectivity index (χ0n) is 8.07. The molecule has 2 aliphatic rings. The number of epoxide rings is 1. The van der Waals surface area contributed by atoms with Crippen LogP contribution in [0.25, 0.3) is 0 Å². The van der Waals surface area contributed by atoms with Gasteiger partial charge in [0, 0.05) is 5.57 Å². The molecule has 0 amide bonds. The molecule has 0 saturated carbocycles. The third kappa shape index (κ3) is 1.32. The van der Waals surface area contributed by atoms with Gasteiger partial charge in [-0.3, -0.25) is 4.79 Å². The van der Waals surface area contributed by atoms with Crippen LogP contribution in [0.3, 0.4) is 0 Å². The van der Waals surface area contributed by atoms with Crippen LogP contribution >= 0.6 is 0 Å². The summed E-state index contributed by atoms with van der Waals surface area (Å²) in [5.74, 6) is 0.0443. The zero-order chi connectivity index (χ0) is 9.80. The Bertz CT molecular complexity index is 285. The molecule has 0 aromatic heterocycles. The van der Waals surface area contributed by atoms with Crippen LogP contribution in [0.15, 0.2) is 11.6 Å². The van der Waals surface area contributed by atoms with Crippen molar-refractivity contribution in [2.45, 2.75) is 39.1 Å². The molecular weight excluding hydrogens is 168 g/mol. The molecule has 1 saturated heterocycles. The van der Waals surface area contributed by atoms with Gasteiger partial charge < -0.3 is 9.84 Å². The highest BCUT2D eigenvalue weighted by atomic mass is 16.6. The van der Waals surface area contributed by atoms with E-state index in [1.54, 1.807) is 6.08 Å². The summed E-state index contributed by atoms with van der Waals surface area (Å²) in [5.41, 5.74) is 0.494. The smallest absolute Gasteiger partial charge is 0.190 e. The Morgan fingerprint density at radius 1 is 1.46 bits per heavy atom. The van der Waals surface area contributed by atoms with Crippen LogP contribution in [-0.2, 0) is 9.53 Å². The van der Waals surface area contributed by atoms with Gasteiger partial charge in [0.2, 0.25) is 0 Å². The quantitative estimate of drug-likeness (QED) is 0.560. The van der Waals surface area contributed by atoms with Crippen LogP contribution < -0.4 is 0 Å². The second-order valence-corrected chi connectivity index (χ2v) is 4.71. The van der Waals surface area contributed by atoms with E-state index in [0.717, 1.165) is 0 Å². The first-order valence-corrected chi connectivity index (χ1v) is 4.51. The second kappa shape index (κ2) is 2.42. The number of Topliss-reactive ketones (excluding diaryl/α,β-unsaturated/α-hetero) is 1. The van der Waals surface area contributed by atoms with Crippen LogP contribution in [0.2, 0.25) is 0 Å². The highest BCUT2D eigenvalue weighted by Crippen LogP contribution is 2.39. The molecule has 2 rings (SSSR count). The van der Waals surface area contributed by atoms with Crippen LogP contribution in [0, 0.1) is 5.41 Å². The van der Waals surface area contributed by atoms with Gasteiger partial charge in [0.25, 0.3) is 0 Å². The Kier molecular flexibility index (Phi) is 1.66. The molecule has 0 aromatic rings. The van der Waals surface area contributed by atoms with Crippen molar-refractivity contribution >= 4 is 5.78 Å². The van der Waals surface area contributed by atoms with Crippen molar-refractivity contribution in [2.75, 3.05) is 0 Å². The highest BCUT2D eigenvalue weighted by Gasteiger charge is 2.54. The van der Waals surface area contributed by atoms with Crippen molar-refractivity contribution in [3.8, 4) is 0 Å². The first kappa shape index (κ1) is 8.91. The number of rotatable bonds is 0. The average Bonchev–Trinajstić information content (AvgIpc) is 2.73. The lowest BCUT2D eigenvalue weighted by molar-refractivity contribution is -0.117. The van der Waals surface area contributed by atoms with Gasteiger partial charge in [-0.05, 0) is 11.5 Å². The van der Waals surface area contributed by atoms with Crippen molar-refractivity contribution in [1.29, 1.82) is 0 Å². The minimum absolute atomic E-state index is 0.0443. The molecule has 72 valence electrons. The molecule has 0 radical (unpaired) electrons. The highest BCUT2D eigenvalue weighted by molar-refractivity contribution is 6.03. The van der Waals surface area contributed by atoms with E-state index in [9.17, 15) is 9.90 Å². The number of aliphatic hydroxyl groups excluding tert-OH is 1. The largest absolute Gasteiger partial charge is 0.386 e. The number of carbonyl (C=O) groups excluding carboxylic acids is 1. The molecule has 3 heteroatoms. The Hall–Kier alpha value is -0.670. The molecule has 0 aromatic carbocycles. The molecule has 3 atom stereocenters. The Morgan fingerprint density at radius 2 is 2.08 bits per heavy atom. The summed E-state index contributed by atoms with van der Waals surface area (Å²) in [5, 5.41) is 9.52. The Balaban J connectivity index is 2.32. The topological polar surface area (TPSA) is 49.8 Å². The van der Waals surface area contributed by atoms with E-state index in [1.165, 1.54) is 0 Å². The molecule has 1 aliphatic heterocycles. The molecule has 0 unspecified atom stereocenters. The molecule has 3 nitrogen and oxygen atoms in total. The first-order valence-electron chi connectivity index (χ1n) is 4.51. The van der Waals surface area contributed by atoms with Crippen molar-refractivity contribution in [1.82, 2.24) is 0 Å². The van der Waals surface area contributed by atoms with Crippen molar-refractivity contribution in [3.05, 3.63) is 11.6 Å². The summed E-state index contributed by atoms with van der Waals surface area (Å²) < 4.78 is 5.08. The number of ether oxygens (including phenoxy) is 1. The zero-order valence-corrected chi connectivity index (χ0v) is 8.07. The summed E-state index contributed by atoms with van der Waals surface area (Å²) in [4.78, 5) is 11.7. The van der Waals surface area contributed by atoms with Gasteiger partial charge in [0.1, 0.15) is 18.3 Å². The summed E-state index contributed by atoms with van der Waals surface area (Å²) in [6, 6.07) is 0. The van der Waals surface area contributed by atoms with Gasteiger partial charge >= 0.3 is 0 Å². The fraction of sp³-hybridized carbons (Fsp3) is 0.700. The van der Waals surface area contributed by atoms with E-state index in [0.29, 0.717) is 5.57 Å². The fourth-order valence-corrected chi connectivity index (χ4v) is 1.72. The van der Waals surface area contributed by atoms with E-state index in [-0.39, 0.29) is 23.4 Å². The summed E-state index contributed by atoms with van der Waals surface area (Å²) >= 11 is 0. The third-order valence-corrected chi connectivity index (χ3v) is 2.53. The molecule has 0 bridgehead atoms. The van der Waals surface area contributed by atoms with E-state index in [2.05, 4.69) is 0 Å². The van der Waals surface area contributed by atoms with Gasteiger partial charge in [0.15, 0.2) is 5.78 Å².